The summed E-state index contributed by atoms with van der Waals surface area (Å²) in [5.41, 5.74) is 4.00. The van der Waals surface area contributed by atoms with Gasteiger partial charge in [-0.15, -0.1) is 0 Å². The Morgan fingerprint density at radius 3 is 2.81 bits per heavy atom. The molecule has 0 amide bonds. The molecule has 3 heteroatoms. The van der Waals surface area contributed by atoms with Crippen molar-refractivity contribution in [1.29, 1.82) is 0 Å². The first-order chi connectivity index (χ1) is 10.3. The lowest BCUT2D eigenvalue weighted by atomic mass is 10.1. The van der Waals surface area contributed by atoms with Crippen LogP contribution in [-0.4, -0.2) is 6.54 Å². The molecule has 0 bridgehead atoms. The fraction of sp³-hybridized carbons (Fsp3) is 0.333. The lowest BCUT2D eigenvalue weighted by Crippen LogP contribution is -2.12. The minimum absolute atomic E-state index is 0.166. The van der Waals surface area contributed by atoms with E-state index >= 15 is 0 Å². The molecule has 0 spiro atoms. The molecular weight excluding hydrogens is 281 g/mol. The molecule has 0 aromatic heterocycles. The Morgan fingerprint density at radius 2 is 1.95 bits per heavy atom. The molecule has 0 saturated heterocycles. The maximum absolute atomic E-state index is 13.5. The molecule has 0 fully saturated rings. The van der Waals surface area contributed by atoms with Crippen molar-refractivity contribution in [2.45, 2.75) is 42.5 Å². The monoisotopic (exact) mass is 301 g/mol. The number of nitrogens with one attached hydrogen (secondary N) is 1. The third-order valence-electron chi connectivity index (χ3n) is 3.89. The molecule has 2 aromatic rings. The highest BCUT2D eigenvalue weighted by molar-refractivity contribution is 7.99. The molecule has 0 heterocycles. The Kier molecular flexibility index (Phi) is 4.61. The van der Waals surface area contributed by atoms with Gasteiger partial charge in [0, 0.05) is 16.3 Å². The van der Waals surface area contributed by atoms with Crippen molar-refractivity contribution in [3.8, 4) is 0 Å². The van der Waals surface area contributed by atoms with E-state index in [4.69, 9.17) is 0 Å². The van der Waals surface area contributed by atoms with Crippen molar-refractivity contribution in [3.05, 3.63) is 58.9 Å². The molecule has 3 rings (SSSR count). The molecule has 110 valence electrons. The average molecular weight is 301 g/mol. The van der Waals surface area contributed by atoms with Gasteiger partial charge < -0.3 is 5.32 Å². The Morgan fingerprint density at radius 1 is 1.10 bits per heavy atom. The standard InChI is InChI=1S/C18H20FNS/c1-2-20-12-15-10-16(19)7-9-18(15)21-17-8-6-13-4-3-5-14(13)11-17/h6-11,20H,2-5,12H2,1H3. The number of fused-ring (bicyclic) bond motifs is 1. The summed E-state index contributed by atoms with van der Waals surface area (Å²) in [6.45, 7) is 3.66. The number of hydrogen-bond donors (Lipinski definition) is 1. The van der Waals surface area contributed by atoms with Gasteiger partial charge in [0.1, 0.15) is 5.82 Å². The normalized spacial score (nSPS) is 13.4. The largest absolute Gasteiger partial charge is 0.313 e. The smallest absolute Gasteiger partial charge is 0.123 e. The quantitative estimate of drug-likeness (QED) is 0.868. The third kappa shape index (κ3) is 3.47. The summed E-state index contributed by atoms with van der Waals surface area (Å²) >= 11 is 1.73. The maximum Gasteiger partial charge on any atom is 0.123 e. The number of halogens is 1. The van der Waals surface area contributed by atoms with Crippen LogP contribution in [0.25, 0.3) is 0 Å². The van der Waals surface area contributed by atoms with Gasteiger partial charge in [-0.2, -0.15) is 0 Å². The van der Waals surface area contributed by atoms with Crippen molar-refractivity contribution in [3.63, 3.8) is 0 Å². The molecule has 1 aliphatic carbocycles. The Bertz CT molecular complexity index is 639. The molecule has 0 saturated carbocycles. The zero-order valence-electron chi connectivity index (χ0n) is 12.3. The van der Waals surface area contributed by atoms with Crippen molar-refractivity contribution >= 4 is 11.8 Å². The lowest BCUT2D eigenvalue weighted by molar-refractivity contribution is 0.619. The summed E-state index contributed by atoms with van der Waals surface area (Å²) in [6.07, 6.45) is 3.67. The number of benzene rings is 2. The second-order valence-electron chi connectivity index (χ2n) is 5.42. The van der Waals surface area contributed by atoms with E-state index in [-0.39, 0.29) is 5.82 Å². The highest BCUT2D eigenvalue weighted by atomic mass is 32.2. The minimum Gasteiger partial charge on any atom is -0.313 e. The fourth-order valence-electron chi connectivity index (χ4n) is 2.78. The van der Waals surface area contributed by atoms with E-state index in [9.17, 15) is 4.39 Å². The van der Waals surface area contributed by atoms with Crippen LogP contribution in [-0.2, 0) is 19.4 Å². The molecule has 2 aromatic carbocycles. The van der Waals surface area contributed by atoms with Gasteiger partial charge in [0.2, 0.25) is 0 Å². The van der Waals surface area contributed by atoms with Gasteiger partial charge in [-0.05, 0) is 72.8 Å². The van der Waals surface area contributed by atoms with Crippen LogP contribution in [0.5, 0.6) is 0 Å². The zero-order chi connectivity index (χ0) is 14.7. The highest BCUT2D eigenvalue weighted by Crippen LogP contribution is 2.34. The maximum atomic E-state index is 13.5. The average Bonchev–Trinajstić information content (AvgIpc) is 2.95. The van der Waals surface area contributed by atoms with Crippen LogP contribution in [0.2, 0.25) is 0 Å². The summed E-state index contributed by atoms with van der Waals surface area (Å²) in [7, 11) is 0. The van der Waals surface area contributed by atoms with Crippen LogP contribution >= 0.6 is 11.8 Å². The summed E-state index contributed by atoms with van der Waals surface area (Å²) in [5.74, 6) is -0.166. The molecule has 21 heavy (non-hydrogen) atoms. The van der Waals surface area contributed by atoms with E-state index < -0.39 is 0 Å². The summed E-state index contributed by atoms with van der Waals surface area (Å²) in [4.78, 5) is 2.38. The first-order valence-corrected chi connectivity index (χ1v) is 8.36. The van der Waals surface area contributed by atoms with E-state index in [0.29, 0.717) is 6.54 Å². The predicted molar refractivity (Wildman–Crippen MR) is 86.4 cm³/mol. The van der Waals surface area contributed by atoms with Crippen molar-refractivity contribution in [1.82, 2.24) is 5.32 Å². The fourth-order valence-corrected chi connectivity index (χ4v) is 3.77. The van der Waals surface area contributed by atoms with Crippen LogP contribution < -0.4 is 5.32 Å². The van der Waals surface area contributed by atoms with E-state index in [1.165, 1.54) is 35.3 Å². The van der Waals surface area contributed by atoms with Crippen LogP contribution in [0.4, 0.5) is 4.39 Å². The van der Waals surface area contributed by atoms with E-state index in [2.05, 4.69) is 30.4 Å². The summed E-state index contributed by atoms with van der Waals surface area (Å²) in [5, 5.41) is 3.28. The highest BCUT2D eigenvalue weighted by Gasteiger charge is 2.12. The third-order valence-corrected chi connectivity index (χ3v) is 4.99. The molecule has 0 unspecified atom stereocenters. The van der Waals surface area contributed by atoms with Gasteiger partial charge in [0.25, 0.3) is 0 Å². The van der Waals surface area contributed by atoms with Crippen LogP contribution in [0.1, 0.15) is 30.0 Å². The second-order valence-corrected chi connectivity index (χ2v) is 6.53. The molecule has 0 aliphatic heterocycles. The number of aryl methyl sites for hydroxylation is 2. The Hall–Kier alpha value is -1.32. The number of hydrogen-bond acceptors (Lipinski definition) is 2. The molecule has 1 nitrogen and oxygen atoms in total. The van der Waals surface area contributed by atoms with Crippen molar-refractivity contribution in [2.75, 3.05) is 6.54 Å². The van der Waals surface area contributed by atoms with Crippen LogP contribution in [0.3, 0.4) is 0 Å². The van der Waals surface area contributed by atoms with Gasteiger partial charge in [-0.1, -0.05) is 24.8 Å². The predicted octanol–water partition coefficient (Wildman–Crippen LogP) is 4.58. The first kappa shape index (κ1) is 14.6. The summed E-state index contributed by atoms with van der Waals surface area (Å²) in [6, 6.07) is 11.8. The first-order valence-electron chi connectivity index (χ1n) is 7.55. The number of rotatable bonds is 5. The molecule has 1 aliphatic rings. The van der Waals surface area contributed by atoms with Gasteiger partial charge in [0.05, 0.1) is 0 Å². The van der Waals surface area contributed by atoms with Crippen molar-refractivity contribution < 1.29 is 4.39 Å². The van der Waals surface area contributed by atoms with Gasteiger partial charge in [0.15, 0.2) is 0 Å². The van der Waals surface area contributed by atoms with Crippen molar-refractivity contribution in [2.24, 2.45) is 0 Å². The molecule has 0 atom stereocenters. The SMILES string of the molecule is CCNCc1cc(F)ccc1Sc1ccc2c(c1)CCC2. The zero-order valence-corrected chi connectivity index (χ0v) is 13.1. The van der Waals surface area contributed by atoms with Gasteiger partial charge >= 0.3 is 0 Å². The molecular formula is C18H20FNS. The topological polar surface area (TPSA) is 12.0 Å². The van der Waals surface area contributed by atoms with E-state index in [1.807, 2.05) is 6.07 Å². The Labute approximate surface area is 130 Å². The Balaban J connectivity index is 1.83. The van der Waals surface area contributed by atoms with E-state index in [1.54, 1.807) is 23.9 Å². The minimum atomic E-state index is -0.166. The summed E-state index contributed by atoms with van der Waals surface area (Å²) < 4.78 is 13.5. The second kappa shape index (κ2) is 6.63. The van der Waals surface area contributed by atoms with Crippen LogP contribution in [0.15, 0.2) is 46.2 Å². The molecule has 0 radical (unpaired) electrons. The lowest BCUT2D eigenvalue weighted by Gasteiger charge is -2.11. The van der Waals surface area contributed by atoms with Gasteiger partial charge in [-0.3, -0.25) is 0 Å². The van der Waals surface area contributed by atoms with Gasteiger partial charge in [-0.25, -0.2) is 4.39 Å². The van der Waals surface area contributed by atoms with Crippen LogP contribution in [0, 0.1) is 5.82 Å². The van der Waals surface area contributed by atoms with E-state index in [0.717, 1.165) is 17.0 Å². The molecule has 1 N–H and O–H groups in total.